The molecule has 0 bridgehead atoms. The molecule has 90 valence electrons. The summed E-state index contributed by atoms with van der Waals surface area (Å²) in [5.74, 6) is -0.459. The van der Waals surface area contributed by atoms with Gasteiger partial charge in [0, 0.05) is 0 Å². The third-order valence-corrected chi connectivity index (χ3v) is 2.92. The van der Waals surface area contributed by atoms with Gasteiger partial charge in [0.15, 0.2) is 16.5 Å². The predicted molar refractivity (Wildman–Crippen MR) is 66.4 cm³/mol. The lowest BCUT2D eigenvalue weighted by Gasteiger charge is -2.02. The van der Waals surface area contributed by atoms with Gasteiger partial charge in [0.1, 0.15) is 0 Å². The van der Waals surface area contributed by atoms with Crippen LogP contribution in [-0.2, 0) is 4.74 Å². The Kier molecular flexibility index (Phi) is 3.35. The van der Waals surface area contributed by atoms with Crippen molar-refractivity contribution in [1.82, 2.24) is 14.6 Å². The number of fused-ring (bicyclic) bond motifs is 1. The Balaban J connectivity index is 2.70. The van der Waals surface area contributed by atoms with Gasteiger partial charge in [-0.25, -0.2) is 14.3 Å². The van der Waals surface area contributed by atoms with E-state index in [4.69, 9.17) is 16.3 Å². The van der Waals surface area contributed by atoms with Crippen molar-refractivity contribution < 1.29 is 9.53 Å². The predicted octanol–water partition coefficient (Wildman–Crippen LogP) is 2.63. The normalized spacial score (nSPS) is 10.8. The molecule has 0 spiro atoms. The maximum absolute atomic E-state index is 11.8. The van der Waals surface area contributed by atoms with Crippen LogP contribution in [0.2, 0.25) is 5.15 Å². The van der Waals surface area contributed by atoms with Gasteiger partial charge >= 0.3 is 5.97 Å². The van der Waals surface area contributed by atoms with E-state index in [1.807, 2.05) is 0 Å². The van der Waals surface area contributed by atoms with Crippen LogP contribution >= 0.6 is 27.5 Å². The van der Waals surface area contributed by atoms with E-state index in [-0.39, 0.29) is 5.15 Å². The molecule has 17 heavy (non-hydrogen) atoms. The number of hydrogen-bond donors (Lipinski definition) is 0. The number of rotatable bonds is 2. The average Bonchev–Trinajstić information content (AvgIpc) is 2.55. The minimum absolute atomic E-state index is 0.271. The van der Waals surface area contributed by atoms with Crippen LogP contribution in [0, 0.1) is 6.92 Å². The Labute approximate surface area is 111 Å². The molecule has 0 amide bonds. The van der Waals surface area contributed by atoms with Crippen LogP contribution in [0.25, 0.3) is 5.65 Å². The van der Waals surface area contributed by atoms with E-state index in [1.54, 1.807) is 19.9 Å². The number of imidazole rings is 1. The lowest BCUT2D eigenvalue weighted by Crippen LogP contribution is -2.11. The van der Waals surface area contributed by atoms with Gasteiger partial charge in [-0.15, -0.1) is 0 Å². The Morgan fingerprint density at radius 3 is 3.00 bits per heavy atom. The zero-order valence-corrected chi connectivity index (χ0v) is 11.5. The van der Waals surface area contributed by atoms with Crippen molar-refractivity contribution in [3.63, 3.8) is 0 Å². The molecule has 0 fully saturated rings. The zero-order valence-electron chi connectivity index (χ0n) is 9.20. The summed E-state index contributed by atoms with van der Waals surface area (Å²) in [6, 6.07) is 1.62. The summed E-state index contributed by atoms with van der Waals surface area (Å²) in [7, 11) is 0. The van der Waals surface area contributed by atoms with Crippen molar-refractivity contribution in [2.24, 2.45) is 0 Å². The van der Waals surface area contributed by atoms with Crippen molar-refractivity contribution in [1.29, 1.82) is 0 Å². The Bertz CT molecular complexity index is 597. The van der Waals surface area contributed by atoms with Crippen molar-refractivity contribution in [3.05, 3.63) is 27.1 Å². The number of hydrogen-bond acceptors (Lipinski definition) is 4. The molecule has 0 aliphatic rings. The number of aryl methyl sites for hydroxylation is 1. The molecule has 0 aliphatic heterocycles. The molecule has 5 nitrogen and oxygen atoms in total. The van der Waals surface area contributed by atoms with Crippen LogP contribution in [0.1, 0.15) is 23.1 Å². The monoisotopic (exact) mass is 317 g/mol. The summed E-state index contributed by atoms with van der Waals surface area (Å²) < 4.78 is 7.02. The molecule has 0 unspecified atom stereocenters. The lowest BCUT2D eigenvalue weighted by molar-refractivity contribution is 0.0516. The summed E-state index contributed by atoms with van der Waals surface area (Å²) in [6.45, 7) is 3.77. The molecule has 2 rings (SSSR count). The van der Waals surface area contributed by atoms with E-state index in [0.717, 1.165) is 0 Å². The molecule has 0 aliphatic carbocycles. The Hall–Kier alpha value is -1.14. The van der Waals surface area contributed by atoms with Gasteiger partial charge < -0.3 is 4.74 Å². The van der Waals surface area contributed by atoms with Gasteiger partial charge in [-0.1, -0.05) is 11.6 Å². The Morgan fingerprint density at radius 1 is 1.65 bits per heavy atom. The topological polar surface area (TPSA) is 56.5 Å². The maximum atomic E-state index is 11.8. The van der Waals surface area contributed by atoms with Gasteiger partial charge in [0.2, 0.25) is 0 Å². The van der Waals surface area contributed by atoms with Gasteiger partial charge in [-0.05, 0) is 35.8 Å². The largest absolute Gasteiger partial charge is 0.461 e. The van der Waals surface area contributed by atoms with Crippen molar-refractivity contribution in [2.75, 3.05) is 6.61 Å². The third-order valence-electron chi connectivity index (χ3n) is 2.15. The summed E-state index contributed by atoms with van der Waals surface area (Å²) in [5, 5.41) is 4.32. The SMILES string of the molecule is CCOC(=O)c1c(C)nc2c(Br)cc(Cl)nn12. The van der Waals surface area contributed by atoms with E-state index in [9.17, 15) is 4.79 Å². The maximum Gasteiger partial charge on any atom is 0.358 e. The van der Waals surface area contributed by atoms with Crippen LogP contribution in [0.3, 0.4) is 0 Å². The molecule has 2 heterocycles. The molecule has 2 aromatic heterocycles. The fourth-order valence-corrected chi connectivity index (χ4v) is 2.29. The van der Waals surface area contributed by atoms with E-state index in [0.29, 0.717) is 28.1 Å². The van der Waals surface area contributed by atoms with Crippen LogP contribution in [0.15, 0.2) is 10.5 Å². The van der Waals surface area contributed by atoms with Crippen molar-refractivity contribution >= 4 is 39.1 Å². The number of ether oxygens (including phenoxy) is 1. The molecule has 0 N–H and O–H groups in total. The lowest BCUT2D eigenvalue weighted by atomic mass is 10.3. The average molecular weight is 319 g/mol. The van der Waals surface area contributed by atoms with Gasteiger partial charge in [0.25, 0.3) is 0 Å². The number of halogens is 2. The van der Waals surface area contributed by atoms with Crippen LogP contribution in [0.5, 0.6) is 0 Å². The summed E-state index contributed by atoms with van der Waals surface area (Å²) in [6.07, 6.45) is 0. The molecule has 0 saturated carbocycles. The second kappa shape index (κ2) is 4.62. The van der Waals surface area contributed by atoms with Gasteiger partial charge in [-0.2, -0.15) is 5.10 Å². The summed E-state index contributed by atoms with van der Waals surface area (Å²) in [5.41, 5.74) is 1.39. The summed E-state index contributed by atoms with van der Waals surface area (Å²) in [4.78, 5) is 16.0. The van der Waals surface area contributed by atoms with Crippen LogP contribution in [-0.4, -0.2) is 27.2 Å². The number of carbonyl (C=O) groups is 1. The molecule has 7 heteroatoms. The number of aromatic nitrogens is 3. The first kappa shape index (κ1) is 12.3. The second-order valence-corrected chi connectivity index (χ2v) is 4.56. The zero-order chi connectivity index (χ0) is 12.6. The molecular formula is C10H9BrClN3O2. The fraction of sp³-hybridized carbons (Fsp3) is 0.300. The van der Waals surface area contributed by atoms with Gasteiger partial charge in [0.05, 0.1) is 16.8 Å². The molecule has 2 aromatic rings. The first-order valence-corrected chi connectivity index (χ1v) is 6.10. The van der Waals surface area contributed by atoms with E-state index >= 15 is 0 Å². The minimum Gasteiger partial charge on any atom is -0.461 e. The molecule has 0 saturated heterocycles. The first-order chi connectivity index (χ1) is 8.04. The van der Waals surface area contributed by atoms with Crippen LogP contribution < -0.4 is 0 Å². The highest BCUT2D eigenvalue weighted by Gasteiger charge is 2.20. The van der Waals surface area contributed by atoms with E-state index in [1.165, 1.54) is 4.52 Å². The molecule has 0 radical (unpaired) electrons. The number of nitrogens with zero attached hydrogens (tertiary/aromatic N) is 3. The van der Waals surface area contributed by atoms with Crippen LogP contribution in [0.4, 0.5) is 0 Å². The quantitative estimate of drug-likeness (QED) is 0.799. The van der Waals surface area contributed by atoms with E-state index < -0.39 is 5.97 Å². The third kappa shape index (κ3) is 2.14. The summed E-state index contributed by atoms with van der Waals surface area (Å²) >= 11 is 9.17. The highest BCUT2D eigenvalue weighted by Crippen LogP contribution is 2.22. The Morgan fingerprint density at radius 2 is 2.35 bits per heavy atom. The van der Waals surface area contributed by atoms with Crippen molar-refractivity contribution in [3.8, 4) is 0 Å². The number of carbonyl (C=O) groups excluding carboxylic acids is 1. The number of esters is 1. The molecular weight excluding hydrogens is 309 g/mol. The highest BCUT2D eigenvalue weighted by molar-refractivity contribution is 9.10. The van der Waals surface area contributed by atoms with E-state index in [2.05, 4.69) is 26.0 Å². The highest BCUT2D eigenvalue weighted by atomic mass is 79.9. The van der Waals surface area contributed by atoms with Crippen molar-refractivity contribution in [2.45, 2.75) is 13.8 Å². The molecule has 0 aromatic carbocycles. The first-order valence-electron chi connectivity index (χ1n) is 4.93. The van der Waals surface area contributed by atoms with Gasteiger partial charge in [-0.3, -0.25) is 0 Å². The smallest absolute Gasteiger partial charge is 0.358 e. The molecule has 0 atom stereocenters. The standard InChI is InChI=1S/C10H9BrClN3O2/c1-3-17-10(16)8-5(2)13-9-6(11)4-7(12)14-15(8)9/h4H,3H2,1-2H3. The fourth-order valence-electron chi connectivity index (χ4n) is 1.50. The minimum atomic E-state index is -0.459. The second-order valence-electron chi connectivity index (χ2n) is 3.32.